The van der Waals surface area contributed by atoms with Gasteiger partial charge in [-0.3, -0.25) is 0 Å². The quantitative estimate of drug-likeness (QED) is 0.367. The number of benzene rings is 2. The summed E-state index contributed by atoms with van der Waals surface area (Å²) in [6.07, 6.45) is 0. The molecule has 0 fully saturated rings. The Hall–Kier alpha value is -1.72. The molecule has 11 heteroatoms. The van der Waals surface area contributed by atoms with Gasteiger partial charge in [0.15, 0.2) is 5.82 Å². The zero-order chi connectivity index (χ0) is 19.7. The molecule has 0 aliphatic carbocycles. The summed E-state index contributed by atoms with van der Waals surface area (Å²) in [4.78, 5) is 20.8. The number of aromatic carboxylic acids is 2. The maximum atomic E-state index is 13.0. The summed E-state index contributed by atoms with van der Waals surface area (Å²) in [5.41, 5.74) is 9.35. The smallest absolute Gasteiger partial charge is 0.340 e. The highest BCUT2D eigenvalue weighted by molar-refractivity contribution is 9.93. The molecule has 6 nitrogen and oxygen atoms in total. The van der Waals surface area contributed by atoms with Gasteiger partial charge in [0.25, 0.3) is 0 Å². The molecule has 0 unspecified atom stereocenters. The van der Waals surface area contributed by atoms with Gasteiger partial charge in [0.05, 0.1) is 4.47 Å². The Labute approximate surface area is 172 Å². The zero-order valence-electron chi connectivity index (χ0n) is 12.1. The Kier molecular flexibility index (Phi) is 12.9. The standard InChI is InChI=1S/C7H5BrFNO2.C7H6FNO2.CH4.Br2/c8-3-1-2-4(10)5(6(3)9)7(11)12;8-4-2-1-3-5(9)6(4)7(10)11;;1-2/h1-2H,10H2,(H,11,12);1-3H,9H2,(H,10,11);1H4;. The molecule has 0 radical (unpaired) electrons. The van der Waals surface area contributed by atoms with Crippen molar-refractivity contribution < 1.29 is 28.6 Å². The second-order valence-corrected chi connectivity index (χ2v) is 4.99. The van der Waals surface area contributed by atoms with Gasteiger partial charge in [0.2, 0.25) is 0 Å². The SMILES string of the molecule is BrBr.C.Nc1ccc(Br)c(F)c1C(=O)O.Nc1cccc(F)c1C(=O)O. The van der Waals surface area contributed by atoms with Crippen LogP contribution >= 0.6 is 44.2 Å². The molecule has 0 aromatic heterocycles. The molecule has 144 valence electrons. The first-order chi connectivity index (χ1) is 11.7. The van der Waals surface area contributed by atoms with Crippen LogP contribution in [0.25, 0.3) is 0 Å². The zero-order valence-corrected chi connectivity index (χ0v) is 16.9. The third-order valence-electron chi connectivity index (χ3n) is 2.60. The molecular weight excluding hydrogens is 550 g/mol. The monoisotopic (exact) mass is 562 g/mol. The van der Waals surface area contributed by atoms with Crippen molar-refractivity contribution in [2.24, 2.45) is 0 Å². The minimum atomic E-state index is -1.37. The predicted octanol–water partition coefficient (Wildman–Crippen LogP) is 5.30. The third-order valence-corrected chi connectivity index (χ3v) is 3.21. The fourth-order valence-electron chi connectivity index (χ4n) is 1.55. The van der Waals surface area contributed by atoms with Crippen molar-refractivity contribution in [3.05, 3.63) is 57.6 Å². The Morgan fingerprint density at radius 3 is 1.69 bits per heavy atom. The minimum absolute atomic E-state index is 0. The summed E-state index contributed by atoms with van der Waals surface area (Å²) < 4.78 is 25.7. The molecule has 0 spiro atoms. The summed E-state index contributed by atoms with van der Waals surface area (Å²) in [5, 5.41) is 17.0. The summed E-state index contributed by atoms with van der Waals surface area (Å²) >= 11 is 8.35. The lowest BCUT2D eigenvalue weighted by Gasteiger charge is -2.02. The number of nitrogen functional groups attached to an aromatic ring is 2. The van der Waals surface area contributed by atoms with E-state index in [4.69, 9.17) is 21.7 Å². The van der Waals surface area contributed by atoms with Crippen LogP contribution in [0, 0.1) is 11.6 Å². The van der Waals surface area contributed by atoms with E-state index < -0.39 is 34.7 Å². The van der Waals surface area contributed by atoms with E-state index in [0.717, 1.165) is 6.07 Å². The average Bonchev–Trinajstić information content (AvgIpc) is 2.53. The van der Waals surface area contributed by atoms with Crippen molar-refractivity contribution >= 4 is 67.5 Å². The highest BCUT2D eigenvalue weighted by atomic mass is 80.9. The maximum absolute atomic E-state index is 13.0. The van der Waals surface area contributed by atoms with Gasteiger partial charge in [0, 0.05) is 39.6 Å². The lowest BCUT2D eigenvalue weighted by atomic mass is 10.2. The number of nitrogens with two attached hydrogens (primary N) is 2. The summed E-state index contributed by atoms with van der Waals surface area (Å²) in [5.74, 6) is -4.37. The fourth-order valence-corrected chi connectivity index (χ4v) is 1.88. The molecule has 0 bridgehead atoms. The van der Waals surface area contributed by atoms with Crippen LogP contribution in [0.2, 0.25) is 0 Å². The van der Waals surface area contributed by atoms with Crippen LogP contribution in [0.1, 0.15) is 28.1 Å². The largest absolute Gasteiger partial charge is 0.478 e. The highest BCUT2D eigenvalue weighted by Gasteiger charge is 2.16. The molecule has 0 saturated heterocycles. The number of halogens is 5. The van der Waals surface area contributed by atoms with Gasteiger partial charge in [-0.15, -0.1) is 0 Å². The normalized spacial score (nSPS) is 8.81. The van der Waals surface area contributed by atoms with Gasteiger partial charge in [-0.2, -0.15) is 0 Å². The third kappa shape index (κ3) is 7.26. The number of hydrogen-bond donors (Lipinski definition) is 4. The number of rotatable bonds is 2. The molecule has 2 aromatic carbocycles. The number of carboxylic acids is 2. The van der Waals surface area contributed by atoms with Crippen LogP contribution in [-0.2, 0) is 0 Å². The first-order valence-corrected chi connectivity index (χ1v) is 10.6. The number of carboxylic acid groups (broad SMARTS) is 2. The summed E-state index contributed by atoms with van der Waals surface area (Å²) in [6.45, 7) is 0. The molecule has 26 heavy (non-hydrogen) atoms. The van der Waals surface area contributed by atoms with E-state index in [2.05, 4.69) is 44.2 Å². The van der Waals surface area contributed by atoms with Crippen molar-refractivity contribution in [3.63, 3.8) is 0 Å². The van der Waals surface area contributed by atoms with E-state index in [0.29, 0.717) is 0 Å². The first kappa shape index (κ1) is 26.5. The average molecular weight is 565 g/mol. The molecule has 0 heterocycles. The number of hydrogen-bond acceptors (Lipinski definition) is 4. The minimum Gasteiger partial charge on any atom is -0.478 e. The Bertz CT molecular complexity index is 757. The van der Waals surface area contributed by atoms with Crippen LogP contribution in [0.3, 0.4) is 0 Å². The van der Waals surface area contributed by atoms with E-state index in [9.17, 15) is 18.4 Å². The van der Waals surface area contributed by atoms with Gasteiger partial charge in [-0.05, 0) is 40.2 Å². The van der Waals surface area contributed by atoms with Gasteiger partial charge >= 0.3 is 11.9 Å². The lowest BCUT2D eigenvalue weighted by Crippen LogP contribution is -2.05. The summed E-state index contributed by atoms with van der Waals surface area (Å²) in [6, 6.07) is 6.44. The molecule has 6 N–H and O–H groups in total. The first-order valence-electron chi connectivity index (χ1n) is 6.05. The molecule has 0 atom stereocenters. The second kappa shape index (κ2) is 12.6. The Morgan fingerprint density at radius 2 is 1.35 bits per heavy atom. The van der Waals surface area contributed by atoms with Crippen molar-refractivity contribution in [2.75, 3.05) is 11.5 Å². The van der Waals surface area contributed by atoms with Gasteiger partial charge in [-0.1, -0.05) is 13.5 Å². The topological polar surface area (TPSA) is 127 Å². The van der Waals surface area contributed by atoms with Crippen LogP contribution in [-0.4, -0.2) is 22.2 Å². The Balaban J connectivity index is 0. The predicted molar refractivity (Wildman–Crippen MR) is 108 cm³/mol. The van der Waals surface area contributed by atoms with Gasteiger partial charge < -0.3 is 21.7 Å². The van der Waals surface area contributed by atoms with E-state index in [1.165, 1.54) is 24.3 Å². The van der Waals surface area contributed by atoms with Crippen molar-refractivity contribution in [1.82, 2.24) is 0 Å². The van der Waals surface area contributed by atoms with Gasteiger partial charge in [-0.25, -0.2) is 18.4 Å². The van der Waals surface area contributed by atoms with Crippen LogP contribution < -0.4 is 11.5 Å². The van der Waals surface area contributed by atoms with Crippen molar-refractivity contribution in [1.29, 1.82) is 0 Å². The fraction of sp³-hybridized carbons (Fsp3) is 0.0667. The molecule has 0 saturated carbocycles. The van der Waals surface area contributed by atoms with E-state index in [1.807, 2.05) is 0 Å². The molecule has 0 amide bonds. The van der Waals surface area contributed by atoms with E-state index >= 15 is 0 Å². The highest BCUT2D eigenvalue weighted by Crippen LogP contribution is 2.23. The van der Waals surface area contributed by atoms with Crippen molar-refractivity contribution in [3.8, 4) is 0 Å². The molecule has 2 aromatic rings. The van der Waals surface area contributed by atoms with E-state index in [1.54, 1.807) is 0 Å². The van der Waals surface area contributed by atoms with Crippen LogP contribution in [0.15, 0.2) is 34.8 Å². The molecule has 0 aliphatic heterocycles. The molecular formula is C15H15Br3F2N2O4. The second-order valence-electron chi connectivity index (χ2n) is 4.14. The van der Waals surface area contributed by atoms with Crippen LogP contribution in [0.5, 0.6) is 0 Å². The Morgan fingerprint density at radius 1 is 0.885 bits per heavy atom. The van der Waals surface area contributed by atoms with E-state index in [-0.39, 0.29) is 23.3 Å². The van der Waals surface area contributed by atoms with Crippen LogP contribution in [0.4, 0.5) is 20.2 Å². The van der Waals surface area contributed by atoms with Gasteiger partial charge in [0.1, 0.15) is 16.9 Å². The maximum Gasteiger partial charge on any atom is 0.340 e. The number of carbonyl (C=O) groups is 2. The summed E-state index contributed by atoms with van der Waals surface area (Å²) in [7, 11) is 0. The lowest BCUT2D eigenvalue weighted by molar-refractivity contribution is 0.0681. The molecule has 2 rings (SSSR count). The van der Waals surface area contributed by atoms with Crippen molar-refractivity contribution in [2.45, 2.75) is 7.43 Å². The molecule has 0 aliphatic rings. The number of anilines is 2.